The van der Waals surface area contributed by atoms with Gasteiger partial charge in [-0.05, 0) is 35.4 Å². The summed E-state index contributed by atoms with van der Waals surface area (Å²) in [6.07, 6.45) is 0. The number of Topliss-reactive ketones (excluding diaryl/α,β-unsaturated/α-hetero) is 1. The normalized spacial score (nSPS) is 13.9. The van der Waals surface area contributed by atoms with E-state index in [0.717, 1.165) is 15.6 Å². The van der Waals surface area contributed by atoms with Crippen molar-refractivity contribution in [1.29, 1.82) is 0 Å². The highest BCUT2D eigenvalue weighted by Crippen LogP contribution is 2.35. The van der Waals surface area contributed by atoms with Crippen molar-refractivity contribution in [2.45, 2.75) is 12.6 Å². The number of carbonyl (C=O) groups is 2. The van der Waals surface area contributed by atoms with Gasteiger partial charge in [-0.15, -0.1) is 0 Å². The molecule has 4 rings (SSSR count). The predicted octanol–water partition coefficient (Wildman–Crippen LogP) is 5.04. The van der Waals surface area contributed by atoms with Crippen molar-refractivity contribution >= 4 is 27.6 Å². The maximum absolute atomic E-state index is 13.5. The molecular formula is C23H18BrNO3. The molecule has 3 aromatic rings. The standard InChI is InChI=1S/C23H18BrNO3/c1-28-19-9-5-8-16(12-19)21(22(26)15-6-3-2-4-7-15)25-14-17-10-11-18(24)13-20(17)23(25)27/h2-13,21H,14H2,1H3. The van der Waals surface area contributed by atoms with E-state index in [1.165, 1.54) is 0 Å². The van der Waals surface area contributed by atoms with Gasteiger partial charge in [0.05, 0.1) is 7.11 Å². The molecule has 1 unspecified atom stereocenters. The van der Waals surface area contributed by atoms with Crippen LogP contribution in [0.5, 0.6) is 5.75 Å². The Hall–Kier alpha value is -2.92. The molecule has 140 valence electrons. The number of carbonyl (C=O) groups excluding carboxylic acids is 2. The summed E-state index contributed by atoms with van der Waals surface area (Å²) in [5.41, 5.74) is 2.85. The van der Waals surface area contributed by atoms with E-state index in [0.29, 0.717) is 23.4 Å². The van der Waals surface area contributed by atoms with Crippen LogP contribution < -0.4 is 4.74 Å². The molecule has 4 nitrogen and oxygen atoms in total. The van der Waals surface area contributed by atoms with Crippen LogP contribution in [-0.4, -0.2) is 23.7 Å². The molecule has 1 heterocycles. The van der Waals surface area contributed by atoms with Gasteiger partial charge in [-0.3, -0.25) is 9.59 Å². The molecule has 0 spiro atoms. The summed E-state index contributed by atoms with van der Waals surface area (Å²) < 4.78 is 6.18. The van der Waals surface area contributed by atoms with Crippen LogP contribution in [0.1, 0.15) is 37.9 Å². The van der Waals surface area contributed by atoms with Crippen molar-refractivity contribution < 1.29 is 14.3 Å². The van der Waals surface area contributed by atoms with E-state index in [2.05, 4.69) is 15.9 Å². The number of methoxy groups -OCH3 is 1. The van der Waals surface area contributed by atoms with Crippen molar-refractivity contribution in [3.63, 3.8) is 0 Å². The highest BCUT2D eigenvalue weighted by atomic mass is 79.9. The molecule has 0 radical (unpaired) electrons. The largest absolute Gasteiger partial charge is 0.497 e. The van der Waals surface area contributed by atoms with Crippen LogP contribution in [0, 0.1) is 0 Å². The Kier molecular flexibility index (Phi) is 5.01. The van der Waals surface area contributed by atoms with Gasteiger partial charge in [0.25, 0.3) is 5.91 Å². The van der Waals surface area contributed by atoms with Crippen molar-refractivity contribution in [3.05, 3.63) is 99.5 Å². The first-order valence-corrected chi connectivity index (χ1v) is 9.70. The Morgan fingerprint density at radius 3 is 2.57 bits per heavy atom. The van der Waals surface area contributed by atoms with Gasteiger partial charge >= 0.3 is 0 Å². The first-order chi connectivity index (χ1) is 13.6. The molecule has 0 aromatic heterocycles. The molecule has 1 aliphatic rings. The smallest absolute Gasteiger partial charge is 0.255 e. The summed E-state index contributed by atoms with van der Waals surface area (Å²) in [4.78, 5) is 28.3. The minimum atomic E-state index is -0.726. The first-order valence-electron chi connectivity index (χ1n) is 8.91. The average molecular weight is 436 g/mol. The Labute approximate surface area is 171 Å². The van der Waals surface area contributed by atoms with Crippen LogP contribution >= 0.6 is 15.9 Å². The monoisotopic (exact) mass is 435 g/mol. The summed E-state index contributed by atoms with van der Waals surface area (Å²) in [5, 5.41) is 0. The first kappa shape index (κ1) is 18.4. The van der Waals surface area contributed by atoms with Gasteiger partial charge in [-0.1, -0.05) is 64.5 Å². The summed E-state index contributed by atoms with van der Waals surface area (Å²) in [6, 6.07) is 21.3. The third-order valence-electron chi connectivity index (χ3n) is 4.93. The molecule has 3 aromatic carbocycles. The lowest BCUT2D eigenvalue weighted by molar-refractivity contribution is 0.0626. The van der Waals surface area contributed by atoms with Crippen LogP contribution in [0.4, 0.5) is 0 Å². The van der Waals surface area contributed by atoms with E-state index >= 15 is 0 Å². The number of amides is 1. The number of benzene rings is 3. The topological polar surface area (TPSA) is 46.6 Å². The van der Waals surface area contributed by atoms with E-state index in [4.69, 9.17) is 4.74 Å². The SMILES string of the molecule is COc1cccc(C(C(=O)c2ccccc2)N2Cc3ccc(Br)cc3C2=O)c1. The van der Waals surface area contributed by atoms with E-state index in [-0.39, 0.29) is 11.7 Å². The molecule has 1 atom stereocenters. The second-order valence-corrected chi connectivity index (χ2v) is 7.56. The quantitative estimate of drug-likeness (QED) is 0.527. The molecule has 1 amide bonds. The molecular weight excluding hydrogens is 418 g/mol. The molecule has 0 aliphatic carbocycles. The Bertz CT molecular complexity index is 1050. The lowest BCUT2D eigenvalue weighted by atomic mass is 9.95. The van der Waals surface area contributed by atoms with E-state index in [9.17, 15) is 9.59 Å². The van der Waals surface area contributed by atoms with Gasteiger partial charge < -0.3 is 9.64 Å². The molecule has 0 fully saturated rings. The second-order valence-electron chi connectivity index (χ2n) is 6.64. The molecule has 28 heavy (non-hydrogen) atoms. The maximum Gasteiger partial charge on any atom is 0.255 e. The summed E-state index contributed by atoms with van der Waals surface area (Å²) >= 11 is 3.42. The molecule has 0 N–H and O–H groups in total. The van der Waals surface area contributed by atoms with E-state index in [1.54, 1.807) is 24.1 Å². The minimum Gasteiger partial charge on any atom is -0.497 e. The summed E-state index contributed by atoms with van der Waals surface area (Å²) in [7, 11) is 1.58. The number of hydrogen-bond acceptors (Lipinski definition) is 3. The number of hydrogen-bond donors (Lipinski definition) is 0. The van der Waals surface area contributed by atoms with Gasteiger partial charge in [0.15, 0.2) is 5.78 Å². The van der Waals surface area contributed by atoms with Crippen LogP contribution in [0.25, 0.3) is 0 Å². The van der Waals surface area contributed by atoms with Gasteiger partial charge in [-0.2, -0.15) is 0 Å². The molecule has 0 saturated heterocycles. The third-order valence-corrected chi connectivity index (χ3v) is 5.42. The Morgan fingerprint density at radius 2 is 1.82 bits per heavy atom. The summed E-state index contributed by atoms with van der Waals surface area (Å²) in [6.45, 7) is 0.391. The number of nitrogens with zero attached hydrogens (tertiary/aromatic N) is 1. The predicted molar refractivity (Wildman–Crippen MR) is 111 cm³/mol. The third kappa shape index (κ3) is 3.34. The van der Waals surface area contributed by atoms with Crippen molar-refractivity contribution in [2.75, 3.05) is 7.11 Å². The summed E-state index contributed by atoms with van der Waals surface area (Å²) in [5.74, 6) is 0.387. The maximum atomic E-state index is 13.5. The van der Waals surface area contributed by atoms with Gasteiger partial charge in [0.2, 0.25) is 0 Å². The van der Waals surface area contributed by atoms with E-state index in [1.807, 2.05) is 60.7 Å². The second kappa shape index (κ2) is 7.60. The number of ether oxygens (including phenoxy) is 1. The highest BCUT2D eigenvalue weighted by molar-refractivity contribution is 9.10. The number of rotatable bonds is 5. The van der Waals surface area contributed by atoms with Crippen molar-refractivity contribution in [1.82, 2.24) is 4.90 Å². The molecule has 1 aliphatic heterocycles. The molecule has 0 bridgehead atoms. The van der Waals surface area contributed by atoms with E-state index < -0.39 is 6.04 Å². The fraction of sp³-hybridized carbons (Fsp3) is 0.130. The zero-order valence-electron chi connectivity index (χ0n) is 15.3. The number of halogens is 1. The average Bonchev–Trinajstić information content (AvgIpc) is 3.05. The van der Waals surface area contributed by atoms with Crippen LogP contribution in [0.2, 0.25) is 0 Å². The fourth-order valence-corrected chi connectivity index (χ4v) is 3.91. The van der Waals surface area contributed by atoms with Crippen LogP contribution in [0.3, 0.4) is 0 Å². The Morgan fingerprint density at radius 1 is 1.04 bits per heavy atom. The number of fused-ring (bicyclic) bond motifs is 1. The van der Waals surface area contributed by atoms with Gasteiger partial charge in [0.1, 0.15) is 11.8 Å². The van der Waals surface area contributed by atoms with Crippen LogP contribution in [0.15, 0.2) is 77.3 Å². The number of ketones is 1. The lowest BCUT2D eigenvalue weighted by Crippen LogP contribution is -2.34. The molecule has 0 saturated carbocycles. The van der Waals surface area contributed by atoms with Crippen molar-refractivity contribution in [2.24, 2.45) is 0 Å². The zero-order valence-corrected chi connectivity index (χ0v) is 16.8. The van der Waals surface area contributed by atoms with Gasteiger partial charge in [-0.25, -0.2) is 0 Å². The van der Waals surface area contributed by atoms with Crippen molar-refractivity contribution in [3.8, 4) is 5.75 Å². The van der Waals surface area contributed by atoms with Crippen LogP contribution in [-0.2, 0) is 6.54 Å². The van der Waals surface area contributed by atoms with Gasteiger partial charge in [0, 0.05) is 22.1 Å². The lowest BCUT2D eigenvalue weighted by Gasteiger charge is -2.27. The fourth-order valence-electron chi connectivity index (χ4n) is 3.55. The highest BCUT2D eigenvalue weighted by Gasteiger charge is 2.37. The Balaban J connectivity index is 1.80. The zero-order chi connectivity index (χ0) is 19.7. The molecule has 5 heteroatoms. The minimum absolute atomic E-state index is 0.117.